The largest absolute Gasteiger partial charge is 0.354 e. The van der Waals surface area contributed by atoms with Crippen LogP contribution in [-0.4, -0.2) is 28.5 Å². The highest BCUT2D eigenvalue weighted by atomic mass is 16.1. The van der Waals surface area contributed by atoms with E-state index in [0.717, 1.165) is 38.3 Å². The zero-order valence-corrected chi connectivity index (χ0v) is 10.1. The minimum Gasteiger partial charge on any atom is -0.354 e. The number of amides is 1. The first kappa shape index (κ1) is 10.8. The van der Waals surface area contributed by atoms with Gasteiger partial charge in [0, 0.05) is 44.6 Å². The number of hydrogen-bond acceptors (Lipinski definition) is 3. The van der Waals surface area contributed by atoms with Gasteiger partial charge < -0.3 is 15.2 Å². The fourth-order valence-electron chi connectivity index (χ4n) is 2.84. The number of rotatable bonds is 2. The van der Waals surface area contributed by atoms with Gasteiger partial charge in [-0.15, -0.1) is 0 Å². The molecule has 17 heavy (non-hydrogen) atoms. The second kappa shape index (κ2) is 4.14. The molecule has 2 aliphatic rings. The van der Waals surface area contributed by atoms with Crippen LogP contribution < -0.4 is 10.6 Å². The van der Waals surface area contributed by atoms with Crippen molar-refractivity contribution in [3.8, 4) is 0 Å². The van der Waals surface area contributed by atoms with Gasteiger partial charge in [0.1, 0.15) is 5.82 Å². The predicted octanol–water partition coefficient (Wildman–Crippen LogP) is 0.152. The Balaban J connectivity index is 2.01. The van der Waals surface area contributed by atoms with Crippen molar-refractivity contribution in [1.29, 1.82) is 0 Å². The van der Waals surface area contributed by atoms with Gasteiger partial charge in [-0.05, 0) is 0 Å². The number of nitrogens with one attached hydrogen (secondary N) is 2. The van der Waals surface area contributed by atoms with Crippen LogP contribution in [0, 0.1) is 0 Å². The maximum atomic E-state index is 11.4. The molecule has 5 heteroatoms. The van der Waals surface area contributed by atoms with Gasteiger partial charge in [0.15, 0.2) is 0 Å². The van der Waals surface area contributed by atoms with Gasteiger partial charge >= 0.3 is 0 Å². The summed E-state index contributed by atoms with van der Waals surface area (Å²) in [6.45, 7) is 4.75. The zero-order valence-electron chi connectivity index (χ0n) is 10.1. The SMILES string of the molecule is CCc1nc2c(n1C1CNC(=O)C1)CCNC2. The molecule has 92 valence electrons. The van der Waals surface area contributed by atoms with Gasteiger partial charge in [-0.2, -0.15) is 0 Å². The second-order valence-corrected chi connectivity index (χ2v) is 4.73. The maximum Gasteiger partial charge on any atom is 0.222 e. The number of aromatic nitrogens is 2. The Morgan fingerprint density at radius 3 is 3.12 bits per heavy atom. The number of carbonyl (C=O) groups excluding carboxylic acids is 1. The highest BCUT2D eigenvalue weighted by molar-refractivity contribution is 5.78. The van der Waals surface area contributed by atoms with Crippen LogP contribution in [0.5, 0.6) is 0 Å². The molecule has 1 atom stereocenters. The topological polar surface area (TPSA) is 59.0 Å². The normalized spacial score (nSPS) is 23.6. The summed E-state index contributed by atoms with van der Waals surface area (Å²) in [6.07, 6.45) is 2.55. The molecule has 0 radical (unpaired) electrons. The number of nitrogens with zero attached hydrogens (tertiary/aromatic N) is 2. The number of imidazole rings is 1. The third-order valence-electron chi connectivity index (χ3n) is 3.63. The summed E-state index contributed by atoms with van der Waals surface area (Å²) in [7, 11) is 0. The number of carbonyl (C=O) groups is 1. The Labute approximate surface area is 101 Å². The fraction of sp³-hybridized carbons (Fsp3) is 0.667. The molecule has 0 aromatic carbocycles. The van der Waals surface area contributed by atoms with Crippen molar-refractivity contribution in [3.63, 3.8) is 0 Å². The molecular weight excluding hydrogens is 216 g/mol. The van der Waals surface area contributed by atoms with Crippen LogP contribution in [0.1, 0.15) is 36.6 Å². The molecular formula is C12H18N4O. The van der Waals surface area contributed by atoms with Gasteiger partial charge in [0.25, 0.3) is 0 Å². The van der Waals surface area contributed by atoms with Crippen molar-refractivity contribution in [2.75, 3.05) is 13.1 Å². The smallest absolute Gasteiger partial charge is 0.222 e. The summed E-state index contributed by atoms with van der Waals surface area (Å²) in [6, 6.07) is 0.270. The summed E-state index contributed by atoms with van der Waals surface area (Å²) < 4.78 is 2.31. The molecule has 1 aromatic rings. The van der Waals surface area contributed by atoms with E-state index >= 15 is 0 Å². The molecule has 0 spiro atoms. The van der Waals surface area contributed by atoms with E-state index in [1.807, 2.05) is 0 Å². The standard InChI is InChI=1S/C12H18N4O/c1-2-11-15-9-7-13-4-3-10(9)16(11)8-5-12(17)14-6-8/h8,13H,2-7H2,1H3,(H,14,17). The summed E-state index contributed by atoms with van der Waals surface area (Å²) in [5, 5.41) is 6.26. The van der Waals surface area contributed by atoms with Crippen molar-refractivity contribution < 1.29 is 4.79 Å². The van der Waals surface area contributed by atoms with Crippen molar-refractivity contribution in [2.45, 2.75) is 38.8 Å². The van der Waals surface area contributed by atoms with Gasteiger partial charge in [-0.1, -0.05) is 6.92 Å². The molecule has 5 nitrogen and oxygen atoms in total. The lowest BCUT2D eigenvalue weighted by Gasteiger charge is -2.19. The van der Waals surface area contributed by atoms with Crippen molar-refractivity contribution in [2.24, 2.45) is 0 Å². The van der Waals surface area contributed by atoms with E-state index < -0.39 is 0 Å². The van der Waals surface area contributed by atoms with Crippen LogP contribution in [-0.2, 0) is 24.2 Å². The average molecular weight is 234 g/mol. The Bertz CT molecular complexity index is 452. The van der Waals surface area contributed by atoms with E-state index in [9.17, 15) is 4.79 Å². The maximum absolute atomic E-state index is 11.4. The summed E-state index contributed by atoms with van der Waals surface area (Å²) >= 11 is 0. The molecule has 3 rings (SSSR count). The van der Waals surface area contributed by atoms with Gasteiger partial charge in [0.05, 0.1) is 11.7 Å². The Hall–Kier alpha value is -1.36. The van der Waals surface area contributed by atoms with Crippen molar-refractivity contribution in [3.05, 3.63) is 17.2 Å². The van der Waals surface area contributed by atoms with Gasteiger partial charge in [-0.25, -0.2) is 4.98 Å². The third-order valence-corrected chi connectivity index (χ3v) is 3.63. The zero-order chi connectivity index (χ0) is 11.8. The van der Waals surface area contributed by atoms with Crippen molar-refractivity contribution in [1.82, 2.24) is 20.2 Å². The molecule has 1 aromatic heterocycles. The molecule has 0 saturated carbocycles. The molecule has 2 aliphatic heterocycles. The van der Waals surface area contributed by atoms with E-state index in [2.05, 4.69) is 22.1 Å². The molecule has 0 bridgehead atoms. The average Bonchev–Trinajstić information content (AvgIpc) is 2.91. The highest BCUT2D eigenvalue weighted by Crippen LogP contribution is 2.25. The first-order valence-corrected chi connectivity index (χ1v) is 6.36. The molecule has 1 unspecified atom stereocenters. The van der Waals surface area contributed by atoms with E-state index in [0.29, 0.717) is 6.42 Å². The van der Waals surface area contributed by atoms with Crippen LogP contribution >= 0.6 is 0 Å². The fourth-order valence-corrected chi connectivity index (χ4v) is 2.84. The number of aryl methyl sites for hydroxylation is 1. The lowest BCUT2D eigenvalue weighted by molar-refractivity contribution is -0.119. The lowest BCUT2D eigenvalue weighted by atomic mass is 10.1. The Kier molecular flexibility index (Phi) is 2.63. The van der Waals surface area contributed by atoms with E-state index in [1.54, 1.807) is 0 Å². The van der Waals surface area contributed by atoms with Gasteiger partial charge in [-0.3, -0.25) is 4.79 Å². The monoisotopic (exact) mass is 234 g/mol. The predicted molar refractivity (Wildman–Crippen MR) is 63.7 cm³/mol. The summed E-state index contributed by atoms with van der Waals surface area (Å²) in [4.78, 5) is 16.1. The molecule has 0 aliphatic carbocycles. The lowest BCUT2D eigenvalue weighted by Crippen LogP contribution is -2.26. The molecule has 1 amide bonds. The third kappa shape index (κ3) is 1.74. The number of fused-ring (bicyclic) bond motifs is 1. The van der Waals surface area contributed by atoms with E-state index in [1.165, 1.54) is 11.4 Å². The highest BCUT2D eigenvalue weighted by Gasteiger charge is 2.29. The number of hydrogen-bond donors (Lipinski definition) is 2. The van der Waals surface area contributed by atoms with Gasteiger partial charge in [0.2, 0.25) is 5.91 Å². The Morgan fingerprint density at radius 2 is 2.41 bits per heavy atom. The van der Waals surface area contributed by atoms with Crippen LogP contribution in [0.15, 0.2) is 0 Å². The second-order valence-electron chi connectivity index (χ2n) is 4.73. The first-order chi connectivity index (χ1) is 8.29. The Morgan fingerprint density at radius 1 is 1.53 bits per heavy atom. The molecule has 1 saturated heterocycles. The van der Waals surface area contributed by atoms with Crippen LogP contribution in [0.3, 0.4) is 0 Å². The van der Waals surface area contributed by atoms with E-state index in [4.69, 9.17) is 4.98 Å². The summed E-state index contributed by atoms with van der Waals surface area (Å²) in [5.74, 6) is 1.29. The minimum atomic E-state index is 0.161. The van der Waals surface area contributed by atoms with Crippen LogP contribution in [0.4, 0.5) is 0 Å². The molecule has 1 fully saturated rings. The van der Waals surface area contributed by atoms with Crippen LogP contribution in [0.25, 0.3) is 0 Å². The van der Waals surface area contributed by atoms with Crippen LogP contribution in [0.2, 0.25) is 0 Å². The molecule has 3 heterocycles. The van der Waals surface area contributed by atoms with Crippen molar-refractivity contribution >= 4 is 5.91 Å². The van der Waals surface area contributed by atoms with E-state index in [-0.39, 0.29) is 11.9 Å². The quantitative estimate of drug-likeness (QED) is 0.766. The minimum absolute atomic E-state index is 0.161. The summed E-state index contributed by atoms with van der Waals surface area (Å²) in [5.41, 5.74) is 2.51. The first-order valence-electron chi connectivity index (χ1n) is 6.36. The molecule has 2 N–H and O–H groups in total.